The standard InChI is InChI=1S/C21H19N9O4/c1-12(13-7-9-15(10-8-13)33-11-16(22)31)24-26-21(32)18-17(14-5-3-2-4-6-14)25-29-30(18)20-19(23)27-34-28-20/h2-10H,11H2,1H3,(H2,22,31)(H2,23,27)(H,26,32)/b24-12+. The first-order chi connectivity index (χ1) is 16.4. The summed E-state index contributed by atoms with van der Waals surface area (Å²) >= 11 is 0. The van der Waals surface area contributed by atoms with E-state index in [0.717, 1.165) is 4.68 Å². The van der Waals surface area contributed by atoms with Gasteiger partial charge in [-0.05, 0) is 47.1 Å². The summed E-state index contributed by atoms with van der Waals surface area (Å²) in [6.45, 7) is 1.49. The Morgan fingerprint density at radius 3 is 2.50 bits per heavy atom. The van der Waals surface area contributed by atoms with E-state index in [1.807, 2.05) is 6.07 Å². The number of nitrogens with one attached hydrogen (secondary N) is 1. The lowest BCUT2D eigenvalue weighted by Gasteiger charge is -2.07. The van der Waals surface area contributed by atoms with Gasteiger partial charge in [-0.25, -0.2) is 10.1 Å². The van der Waals surface area contributed by atoms with Crippen LogP contribution in [0.4, 0.5) is 5.82 Å². The lowest BCUT2D eigenvalue weighted by Crippen LogP contribution is -2.23. The van der Waals surface area contributed by atoms with Crippen molar-refractivity contribution in [3.8, 4) is 22.8 Å². The Morgan fingerprint density at radius 1 is 1.12 bits per heavy atom. The van der Waals surface area contributed by atoms with Gasteiger partial charge in [0.2, 0.25) is 11.6 Å². The van der Waals surface area contributed by atoms with Crippen LogP contribution in [0.25, 0.3) is 17.1 Å². The first-order valence-corrected chi connectivity index (χ1v) is 9.89. The van der Waals surface area contributed by atoms with Crippen LogP contribution >= 0.6 is 0 Å². The number of amides is 2. The van der Waals surface area contributed by atoms with Gasteiger partial charge in [-0.15, -0.1) is 5.10 Å². The number of hydrogen-bond donors (Lipinski definition) is 3. The Morgan fingerprint density at radius 2 is 1.85 bits per heavy atom. The first kappa shape index (κ1) is 22.1. The van der Waals surface area contributed by atoms with E-state index in [2.05, 4.69) is 35.8 Å². The fraction of sp³-hybridized carbons (Fsp3) is 0.0952. The van der Waals surface area contributed by atoms with Gasteiger partial charge in [-0.2, -0.15) is 9.78 Å². The molecule has 0 saturated carbocycles. The van der Waals surface area contributed by atoms with Gasteiger partial charge in [0.25, 0.3) is 11.8 Å². The van der Waals surface area contributed by atoms with Crippen LogP contribution in [-0.4, -0.2) is 49.4 Å². The highest BCUT2D eigenvalue weighted by Gasteiger charge is 2.26. The highest BCUT2D eigenvalue weighted by molar-refractivity contribution is 6.02. The molecule has 2 aromatic carbocycles. The van der Waals surface area contributed by atoms with Crippen LogP contribution in [0.15, 0.2) is 64.3 Å². The summed E-state index contributed by atoms with van der Waals surface area (Å²) in [6, 6.07) is 15.8. The third-order valence-corrected chi connectivity index (χ3v) is 4.61. The molecule has 0 aliphatic rings. The Kier molecular flexibility index (Phi) is 6.25. The molecule has 0 fully saturated rings. The van der Waals surface area contributed by atoms with Crippen molar-refractivity contribution in [2.75, 3.05) is 12.3 Å². The fourth-order valence-electron chi connectivity index (χ4n) is 2.96. The molecular formula is C21H19N9O4. The van der Waals surface area contributed by atoms with Crippen LogP contribution in [0, 0.1) is 0 Å². The molecule has 2 amide bonds. The number of nitrogens with zero attached hydrogens (tertiary/aromatic N) is 6. The zero-order valence-corrected chi connectivity index (χ0v) is 17.9. The smallest absolute Gasteiger partial charge is 0.292 e. The number of rotatable bonds is 8. The number of hydrogen-bond acceptors (Lipinski definition) is 10. The van der Waals surface area contributed by atoms with Crippen LogP contribution in [0.2, 0.25) is 0 Å². The third kappa shape index (κ3) is 4.72. The summed E-state index contributed by atoms with van der Waals surface area (Å²) in [5, 5.41) is 19.5. The van der Waals surface area contributed by atoms with Crippen LogP contribution in [0.5, 0.6) is 5.75 Å². The Hall–Kier alpha value is -5.07. The average molecular weight is 461 g/mol. The molecule has 0 bridgehead atoms. The molecule has 172 valence electrons. The molecule has 5 N–H and O–H groups in total. The Balaban J connectivity index is 1.60. The maximum Gasteiger partial charge on any atom is 0.292 e. The van der Waals surface area contributed by atoms with E-state index >= 15 is 0 Å². The fourth-order valence-corrected chi connectivity index (χ4v) is 2.96. The van der Waals surface area contributed by atoms with Gasteiger partial charge in [0.05, 0.1) is 5.71 Å². The van der Waals surface area contributed by atoms with Gasteiger partial charge in [0.1, 0.15) is 11.4 Å². The molecule has 2 heterocycles. The van der Waals surface area contributed by atoms with Crippen molar-refractivity contribution in [1.82, 2.24) is 30.7 Å². The summed E-state index contributed by atoms with van der Waals surface area (Å²) in [7, 11) is 0. The number of anilines is 1. The predicted molar refractivity (Wildman–Crippen MR) is 120 cm³/mol. The maximum atomic E-state index is 13.2. The van der Waals surface area contributed by atoms with E-state index < -0.39 is 11.8 Å². The number of primary amides is 1. The van der Waals surface area contributed by atoms with E-state index in [0.29, 0.717) is 28.3 Å². The van der Waals surface area contributed by atoms with Crippen LogP contribution in [0.1, 0.15) is 23.0 Å². The van der Waals surface area contributed by atoms with Crippen LogP contribution in [0.3, 0.4) is 0 Å². The minimum atomic E-state index is -0.605. The Bertz CT molecular complexity index is 1340. The van der Waals surface area contributed by atoms with E-state index in [1.165, 1.54) is 0 Å². The molecule has 0 unspecified atom stereocenters. The Labute approximate surface area is 192 Å². The van der Waals surface area contributed by atoms with Crippen LogP contribution < -0.4 is 21.6 Å². The molecule has 4 rings (SSSR count). The predicted octanol–water partition coefficient (Wildman–Crippen LogP) is 0.918. The zero-order chi connectivity index (χ0) is 24.1. The van der Waals surface area contributed by atoms with Gasteiger partial charge < -0.3 is 16.2 Å². The maximum absolute atomic E-state index is 13.2. The molecule has 2 aromatic heterocycles. The molecular weight excluding hydrogens is 442 g/mol. The van der Waals surface area contributed by atoms with Crippen molar-refractivity contribution < 1.29 is 19.0 Å². The number of aromatic nitrogens is 5. The average Bonchev–Trinajstić information content (AvgIpc) is 3.47. The molecule has 4 aromatic rings. The van der Waals surface area contributed by atoms with Gasteiger partial charge in [-0.3, -0.25) is 9.59 Å². The van der Waals surface area contributed by atoms with Crippen LogP contribution in [-0.2, 0) is 4.79 Å². The van der Waals surface area contributed by atoms with Gasteiger partial charge >= 0.3 is 0 Å². The first-order valence-electron chi connectivity index (χ1n) is 9.89. The third-order valence-electron chi connectivity index (χ3n) is 4.61. The van der Waals surface area contributed by atoms with Gasteiger partial charge in [0, 0.05) is 5.56 Å². The van der Waals surface area contributed by atoms with Crippen molar-refractivity contribution in [3.05, 3.63) is 65.9 Å². The lowest BCUT2D eigenvalue weighted by atomic mass is 10.1. The highest BCUT2D eigenvalue weighted by Crippen LogP contribution is 2.24. The molecule has 34 heavy (non-hydrogen) atoms. The van der Waals surface area contributed by atoms with Gasteiger partial charge in [0.15, 0.2) is 12.3 Å². The van der Waals surface area contributed by atoms with E-state index in [4.69, 9.17) is 16.2 Å². The summed E-state index contributed by atoms with van der Waals surface area (Å²) in [6.07, 6.45) is 0. The summed E-state index contributed by atoms with van der Waals surface area (Å²) in [5.41, 5.74) is 15.6. The molecule has 0 aliphatic heterocycles. The second kappa shape index (κ2) is 9.60. The van der Waals surface area contributed by atoms with Crippen molar-refractivity contribution in [3.63, 3.8) is 0 Å². The molecule has 0 radical (unpaired) electrons. The topological polar surface area (TPSA) is 189 Å². The van der Waals surface area contributed by atoms with Crippen molar-refractivity contribution in [2.45, 2.75) is 6.92 Å². The molecule has 13 heteroatoms. The number of nitrogen functional groups attached to an aromatic ring is 1. The lowest BCUT2D eigenvalue weighted by molar-refractivity contribution is -0.119. The second-order valence-electron chi connectivity index (χ2n) is 6.96. The number of carbonyl (C=O) groups excluding carboxylic acids is 2. The second-order valence-corrected chi connectivity index (χ2v) is 6.96. The largest absolute Gasteiger partial charge is 0.484 e. The SMILES string of the molecule is C/C(=N\NC(=O)c1c(-c2ccccc2)nnn1-c1nonc1N)c1ccc(OCC(N)=O)cc1. The quantitative estimate of drug-likeness (QED) is 0.253. The van der Waals surface area contributed by atoms with E-state index in [1.54, 1.807) is 55.5 Å². The minimum absolute atomic E-state index is 0.0204. The van der Waals surface area contributed by atoms with E-state index in [-0.39, 0.29) is 23.9 Å². The monoisotopic (exact) mass is 461 g/mol. The number of ether oxygens (including phenoxy) is 1. The summed E-state index contributed by atoms with van der Waals surface area (Å²) in [4.78, 5) is 24.0. The highest BCUT2D eigenvalue weighted by atomic mass is 16.6. The summed E-state index contributed by atoms with van der Waals surface area (Å²) in [5.74, 6) is -0.743. The molecule has 0 saturated heterocycles. The molecule has 0 atom stereocenters. The van der Waals surface area contributed by atoms with Gasteiger partial charge in [-0.1, -0.05) is 35.5 Å². The summed E-state index contributed by atoms with van der Waals surface area (Å²) < 4.78 is 11.0. The normalized spacial score (nSPS) is 11.3. The minimum Gasteiger partial charge on any atom is -0.484 e. The van der Waals surface area contributed by atoms with E-state index in [9.17, 15) is 9.59 Å². The molecule has 0 spiro atoms. The van der Waals surface area contributed by atoms with Crippen molar-refractivity contribution in [1.29, 1.82) is 0 Å². The molecule has 13 nitrogen and oxygen atoms in total. The number of benzene rings is 2. The number of carbonyl (C=O) groups is 2. The number of hydrazone groups is 1. The zero-order valence-electron chi connectivity index (χ0n) is 17.9. The van der Waals surface area contributed by atoms with Crippen molar-refractivity contribution in [2.24, 2.45) is 10.8 Å². The number of nitrogens with two attached hydrogens (primary N) is 2. The molecule has 0 aliphatic carbocycles. The van der Waals surface area contributed by atoms with Crippen molar-refractivity contribution >= 4 is 23.3 Å².